The van der Waals surface area contributed by atoms with Crippen molar-refractivity contribution in [3.63, 3.8) is 0 Å². The first-order valence-electron chi connectivity index (χ1n) is 6.89. The van der Waals surface area contributed by atoms with Crippen molar-refractivity contribution in [1.82, 2.24) is 0 Å². The highest BCUT2D eigenvalue weighted by Crippen LogP contribution is 2.18. The predicted molar refractivity (Wildman–Crippen MR) is 76.4 cm³/mol. The quantitative estimate of drug-likeness (QED) is 0.431. The van der Waals surface area contributed by atoms with E-state index in [2.05, 4.69) is 12.4 Å². The number of carbonyl (C=O) groups excluding carboxylic acids is 2. The summed E-state index contributed by atoms with van der Waals surface area (Å²) in [6.45, 7) is 3.94. The number of halogens is 1. The van der Waals surface area contributed by atoms with Crippen molar-refractivity contribution in [2.45, 2.75) is 19.8 Å². The van der Waals surface area contributed by atoms with Gasteiger partial charge in [0, 0.05) is 25.5 Å². The monoisotopic (exact) mass is 312 g/mol. The van der Waals surface area contributed by atoms with Gasteiger partial charge in [-0.25, -0.2) is 4.79 Å². The summed E-state index contributed by atoms with van der Waals surface area (Å²) in [5.74, 6) is 0.178. The van der Waals surface area contributed by atoms with E-state index >= 15 is 0 Å². The van der Waals surface area contributed by atoms with Gasteiger partial charge >= 0.3 is 5.97 Å². The summed E-state index contributed by atoms with van der Waals surface area (Å²) in [7, 11) is 2.09. The molecule has 0 atom stereocenters. The van der Waals surface area contributed by atoms with Crippen LogP contribution < -0.4 is 22.5 Å². The number of nitrogens with zero attached hydrogens (tertiary/aromatic N) is 1. The van der Waals surface area contributed by atoms with E-state index in [4.69, 9.17) is 4.74 Å². The fourth-order valence-electron chi connectivity index (χ4n) is 2.54. The molecule has 0 bridgehead atoms. The second-order valence-electron chi connectivity index (χ2n) is 5.61. The fourth-order valence-corrected chi connectivity index (χ4v) is 2.54. The molecule has 1 aliphatic rings. The average molecular weight is 313 g/mol. The van der Waals surface area contributed by atoms with Gasteiger partial charge in [0.1, 0.15) is 5.75 Å². The van der Waals surface area contributed by atoms with E-state index in [9.17, 15) is 9.59 Å². The summed E-state index contributed by atoms with van der Waals surface area (Å²) in [5.41, 5.74) is 0.691. The third-order valence-electron chi connectivity index (χ3n) is 3.56. The van der Waals surface area contributed by atoms with Gasteiger partial charge in [0.05, 0.1) is 20.1 Å². The molecule has 0 spiro atoms. The smallest absolute Gasteiger partial charge is 0.367 e. The molecule has 21 heavy (non-hydrogen) atoms. The van der Waals surface area contributed by atoms with Crippen molar-refractivity contribution >= 4 is 17.6 Å². The van der Waals surface area contributed by atoms with Crippen molar-refractivity contribution in [2.75, 3.05) is 32.0 Å². The van der Waals surface area contributed by atoms with Crippen LogP contribution in [0.15, 0.2) is 24.3 Å². The number of hydrogen-bond donors (Lipinski definition) is 1. The van der Waals surface area contributed by atoms with Crippen molar-refractivity contribution in [2.24, 2.45) is 0 Å². The maximum Gasteiger partial charge on any atom is 0.367 e. The third-order valence-corrected chi connectivity index (χ3v) is 3.56. The highest BCUT2D eigenvalue weighted by atomic mass is 35.5. The first-order chi connectivity index (χ1) is 9.47. The zero-order valence-electron chi connectivity index (χ0n) is 12.4. The van der Waals surface area contributed by atoms with E-state index in [1.807, 2.05) is 0 Å². The van der Waals surface area contributed by atoms with Gasteiger partial charge in [-0.05, 0) is 24.3 Å². The number of esters is 1. The van der Waals surface area contributed by atoms with Gasteiger partial charge in [-0.15, -0.1) is 0 Å². The third kappa shape index (κ3) is 5.36. The molecule has 1 saturated heterocycles. The van der Waals surface area contributed by atoms with Gasteiger partial charge in [0.2, 0.25) is 5.91 Å². The summed E-state index contributed by atoms with van der Waals surface area (Å²) >= 11 is 0. The molecule has 1 amide bonds. The molecule has 6 heteroatoms. The maximum atomic E-state index is 11.9. The highest BCUT2D eigenvalue weighted by Gasteiger charge is 2.30. The van der Waals surface area contributed by atoms with Crippen LogP contribution in [0.25, 0.3) is 0 Å². The molecule has 2 rings (SSSR count). The van der Waals surface area contributed by atoms with Crippen molar-refractivity contribution in [1.29, 1.82) is 0 Å². The molecule has 0 aromatic heterocycles. The van der Waals surface area contributed by atoms with Gasteiger partial charge in [0.25, 0.3) is 0 Å². The van der Waals surface area contributed by atoms with Crippen LogP contribution >= 0.6 is 0 Å². The molecule has 0 aliphatic carbocycles. The number of amides is 1. The Labute approximate surface area is 131 Å². The Balaban J connectivity index is 0.00000220. The second kappa shape index (κ2) is 7.43. The Hall–Kier alpha value is -1.59. The number of benzene rings is 1. The minimum atomic E-state index is -0.207. The van der Waals surface area contributed by atoms with Crippen molar-refractivity contribution < 1.29 is 31.2 Å². The number of ether oxygens (including phenoxy) is 1. The number of quaternary nitrogens is 1. The van der Waals surface area contributed by atoms with Crippen molar-refractivity contribution in [3.8, 4) is 5.75 Å². The van der Waals surface area contributed by atoms with Crippen LogP contribution in [0.4, 0.5) is 5.69 Å². The Kier molecular flexibility index (Phi) is 6.18. The SMILES string of the molecule is CC(=O)Nc1ccc(OC(=O)C[N+]2(C)CCCC2)cc1.[Cl-]. The van der Waals surface area contributed by atoms with Crippen LogP contribution in [0.5, 0.6) is 5.75 Å². The predicted octanol–water partition coefficient (Wildman–Crippen LogP) is -1.21. The summed E-state index contributed by atoms with van der Waals surface area (Å²) in [6, 6.07) is 6.81. The molecule has 116 valence electrons. The van der Waals surface area contributed by atoms with Crippen LogP contribution in [0.3, 0.4) is 0 Å². The molecule has 0 unspecified atom stereocenters. The molecular weight excluding hydrogens is 292 g/mol. The van der Waals surface area contributed by atoms with Crippen LogP contribution in [0.1, 0.15) is 19.8 Å². The van der Waals surface area contributed by atoms with E-state index in [0.717, 1.165) is 17.6 Å². The number of anilines is 1. The molecule has 1 fully saturated rings. The number of likely N-dealkylation sites (N-methyl/N-ethyl adjacent to an activating group) is 1. The van der Waals surface area contributed by atoms with Gasteiger partial charge in [-0.2, -0.15) is 0 Å². The topological polar surface area (TPSA) is 55.4 Å². The first-order valence-corrected chi connectivity index (χ1v) is 6.89. The van der Waals surface area contributed by atoms with E-state index in [1.54, 1.807) is 24.3 Å². The highest BCUT2D eigenvalue weighted by molar-refractivity contribution is 5.88. The van der Waals surface area contributed by atoms with E-state index < -0.39 is 0 Å². The molecule has 1 N–H and O–H groups in total. The van der Waals surface area contributed by atoms with Crippen molar-refractivity contribution in [3.05, 3.63) is 24.3 Å². The first kappa shape index (κ1) is 17.5. The van der Waals surface area contributed by atoms with Crippen LogP contribution in [-0.2, 0) is 9.59 Å². The standard InChI is InChI=1S/C15H20N2O3.ClH/c1-12(18)16-13-5-7-14(8-6-13)20-15(19)11-17(2)9-3-4-10-17;/h5-8H,3-4,9-11H2,1-2H3;1H. The Morgan fingerprint density at radius 1 is 1.19 bits per heavy atom. The van der Waals surface area contributed by atoms with Gasteiger partial charge in [-0.3, -0.25) is 4.79 Å². The summed E-state index contributed by atoms with van der Waals surface area (Å²) < 4.78 is 6.10. The van der Waals surface area contributed by atoms with Crippen LogP contribution in [0.2, 0.25) is 0 Å². The van der Waals surface area contributed by atoms with Gasteiger partial charge in [-0.1, -0.05) is 0 Å². The number of carbonyl (C=O) groups is 2. The largest absolute Gasteiger partial charge is 1.00 e. The number of hydrogen-bond acceptors (Lipinski definition) is 3. The summed E-state index contributed by atoms with van der Waals surface area (Å²) in [4.78, 5) is 22.8. The normalized spacial score (nSPS) is 15.9. The molecule has 1 heterocycles. The summed E-state index contributed by atoms with van der Waals surface area (Å²) in [5, 5.41) is 2.67. The van der Waals surface area contributed by atoms with Crippen LogP contribution in [0, 0.1) is 0 Å². The average Bonchev–Trinajstić information content (AvgIpc) is 2.77. The second-order valence-corrected chi connectivity index (χ2v) is 5.61. The Bertz CT molecular complexity index is 496. The van der Waals surface area contributed by atoms with E-state index in [-0.39, 0.29) is 24.3 Å². The van der Waals surface area contributed by atoms with Gasteiger partial charge in [0.15, 0.2) is 6.54 Å². The Morgan fingerprint density at radius 2 is 1.76 bits per heavy atom. The van der Waals surface area contributed by atoms with E-state index in [1.165, 1.54) is 19.8 Å². The molecule has 0 saturated carbocycles. The van der Waals surface area contributed by atoms with Crippen LogP contribution in [-0.4, -0.2) is 43.0 Å². The van der Waals surface area contributed by atoms with Gasteiger partial charge < -0.3 is 26.9 Å². The molecule has 0 radical (unpaired) electrons. The molecule has 1 aliphatic heterocycles. The van der Waals surface area contributed by atoms with E-state index in [0.29, 0.717) is 18.0 Å². The lowest BCUT2D eigenvalue weighted by molar-refractivity contribution is -0.890. The summed E-state index contributed by atoms with van der Waals surface area (Å²) in [6.07, 6.45) is 2.35. The lowest BCUT2D eigenvalue weighted by atomic mass is 10.3. The molecular formula is C15H21ClN2O3. The number of nitrogens with one attached hydrogen (secondary N) is 1. The number of rotatable bonds is 4. The lowest BCUT2D eigenvalue weighted by Crippen LogP contribution is -3.00. The fraction of sp³-hybridized carbons (Fsp3) is 0.467. The lowest BCUT2D eigenvalue weighted by Gasteiger charge is -2.27. The zero-order chi connectivity index (χ0) is 14.6. The molecule has 1 aromatic carbocycles. The minimum absolute atomic E-state index is 0. The Morgan fingerprint density at radius 3 is 2.29 bits per heavy atom. The molecule has 1 aromatic rings. The maximum absolute atomic E-state index is 11.9. The molecule has 5 nitrogen and oxygen atoms in total. The zero-order valence-corrected chi connectivity index (χ0v) is 13.2. The minimum Gasteiger partial charge on any atom is -1.00 e. The number of likely N-dealkylation sites (tertiary alicyclic amines) is 1.